The number of fused-ring (bicyclic) bond motifs is 1. The van der Waals surface area contributed by atoms with Gasteiger partial charge < -0.3 is 14.4 Å². The zero-order chi connectivity index (χ0) is 21.5. The number of para-hydroxylation sites is 2. The van der Waals surface area contributed by atoms with Crippen LogP contribution in [0.15, 0.2) is 59.4 Å². The molecule has 30 heavy (non-hydrogen) atoms. The monoisotopic (exact) mass is 409 g/mol. The van der Waals surface area contributed by atoms with E-state index in [0.717, 1.165) is 0 Å². The first-order chi connectivity index (χ1) is 14.6. The Kier molecular flexibility index (Phi) is 7.19. The summed E-state index contributed by atoms with van der Waals surface area (Å²) in [4.78, 5) is 32.4. The lowest BCUT2D eigenvalue weighted by molar-refractivity contribution is -0.136. The van der Waals surface area contributed by atoms with Gasteiger partial charge in [0.25, 0.3) is 11.5 Å². The fraction of sp³-hybridized carbons (Fsp3) is 0.348. The number of carbonyl (C=O) groups is 1. The number of ether oxygens (including phenoxy) is 2. The van der Waals surface area contributed by atoms with Gasteiger partial charge in [0, 0.05) is 20.2 Å². The number of benzene rings is 2. The number of amides is 1. The van der Waals surface area contributed by atoms with Crippen molar-refractivity contribution in [1.82, 2.24) is 14.5 Å². The Morgan fingerprint density at radius 1 is 1.13 bits per heavy atom. The molecule has 1 heterocycles. The molecule has 1 unspecified atom stereocenters. The zero-order valence-electron chi connectivity index (χ0n) is 17.6. The van der Waals surface area contributed by atoms with E-state index in [4.69, 9.17) is 14.5 Å². The number of rotatable bonds is 9. The number of hydrogen-bond acceptors (Lipinski definition) is 5. The predicted octanol–water partition coefficient (Wildman–Crippen LogP) is 3.03. The van der Waals surface area contributed by atoms with Crippen molar-refractivity contribution in [3.63, 3.8) is 0 Å². The van der Waals surface area contributed by atoms with Crippen LogP contribution in [0.5, 0.6) is 5.75 Å². The number of aromatic nitrogens is 2. The summed E-state index contributed by atoms with van der Waals surface area (Å²) in [6, 6.07) is 16.0. The van der Waals surface area contributed by atoms with Gasteiger partial charge in [0.2, 0.25) is 0 Å². The highest BCUT2D eigenvalue weighted by Crippen LogP contribution is 2.20. The molecule has 1 amide bonds. The summed E-state index contributed by atoms with van der Waals surface area (Å²) in [5, 5.41) is 0.567. The van der Waals surface area contributed by atoms with Gasteiger partial charge >= 0.3 is 0 Å². The Morgan fingerprint density at radius 2 is 1.83 bits per heavy atom. The number of carbonyl (C=O) groups excluding carboxylic acids is 1. The van der Waals surface area contributed by atoms with E-state index in [1.807, 2.05) is 50.2 Å². The molecule has 0 aliphatic carbocycles. The summed E-state index contributed by atoms with van der Waals surface area (Å²) in [6.45, 7) is 4.85. The van der Waals surface area contributed by atoms with Crippen LogP contribution in [0.4, 0.5) is 0 Å². The molecule has 0 aliphatic rings. The van der Waals surface area contributed by atoms with Crippen LogP contribution in [-0.2, 0) is 16.1 Å². The van der Waals surface area contributed by atoms with E-state index in [-0.39, 0.29) is 18.1 Å². The largest absolute Gasteiger partial charge is 0.484 e. The average Bonchev–Trinajstić information content (AvgIpc) is 2.78. The Morgan fingerprint density at radius 3 is 2.53 bits per heavy atom. The molecule has 7 heteroatoms. The van der Waals surface area contributed by atoms with Crippen LogP contribution >= 0.6 is 0 Å². The minimum absolute atomic E-state index is 0.107. The molecule has 0 N–H and O–H groups in total. The lowest BCUT2D eigenvalue weighted by Gasteiger charge is -2.30. The van der Waals surface area contributed by atoms with Crippen LogP contribution in [-0.4, -0.2) is 47.2 Å². The molecular formula is C23H27N3O4. The van der Waals surface area contributed by atoms with E-state index in [1.165, 1.54) is 0 Å². The lowest BCUT2D eigenvalue weighted by atomic mass is 10.2. The molecule has 3 rings (SSSR count). The van der Waals surface area contributed by atoms with Crippen molar-refractivity contribution in [3.05, 3.63) is 70.8 Å². The highest BCUT2D eigenvalue weighted by Gasteiger charge is 2.26. The van der Waals surface area contributed by atoms with Gasteiger partial charge in [0.1, 0.15) is 11.6 Å². The van der Waals surface area contributed by atoms with Crippen LogP contribution in [0.1, 0.15) is 25.7 Å². The average molecular weight is 409 g/mol. The molecule has 0 spiro atoms. The van der Waals surface area contributed by atoms with Crippen molar-refractivity contribution in [3.8, 4) is 5.75 Å². The molecule has 1 atom stereocenters. The molecule has 2 aromatic carbocycles. The third kappa shape index (κ3) is 4.68. The van der Waals surface area contributed by atoms with Crippen molar-refractivity contribution in [1.29, 1.82) is 0 Å². The van der Waals surface area contributed by atoms with Crippen LogP contribution in [0, 0.1) is 0 Å². The molecule has 0 saturated heterocycles. The molecule has 1 aromatic heterocycles. The van der Waals surface area contributed by atoms with Gasteiger partial charge in [-0.05, 0) is 38.1 Å². The summed E-state index contributed by atoms with van der Waals surface area (Å²) in [5.41, 5.74) is 0.512. The summed E-state index contributed by atoms with van der Waals surface area (Å²) in [5.74, 6) is 0.971. The van der Waals surface area contributed by atoms with E-state index in [2.05, 4.69) is 0 Å². The van der Waals surface area contributed by atoms with Gasteiger partial charge in [0.05, 0.1) is 23.6 Å². The fourth-order valence-corrected chi connectivity index (χ4v) is 3.42. The molecule has 0 fully saturated rings. The number of methoxy groups -OCH3 is 1. The number of nitrogens with zero attached hydrogens (tertiary/aromatic N) is 3. The summed E-state index contributed by atoms with van der Waals surface area (Å²) in [7, 11) is 1.59. The smallest absolute Gasteiger partial charge is 0.261 e. The Hall–Kier alpha value is -3.19. The van der Waals surface area contributed by atoms with Crippen molar-refractivity contribution in [2.75, 3.05) is 26.9 Å². The van der Waals surface area contributed by atoms with Crippen molar-refractivity contribution in [2.45, 2.75) is 26.4 Å². The maximum atomic E-state index is 13.0. The lowest BCUT2D eigenvalue weighted by Crippen LogP contribution is -2.41. The quantitative estimate of drug-likeness (QED) is 0.543. The maximum absolute atomic E-state index is 13.0. The zero-order valence-corrected chi connectivity index (χ0v) is 17.6. The van der Waals surface area contributed by atoms with Crippen LogP contribution in [0.3, 0.4) is 0 Å². The van der Waals surface area contributed by atoms with E-state index in [9.17, 15) is 9.59 Å². The van der Waals surface area contributed by atoms with E-state index >= 15 is 0 Å². The van der Waals surface area contributed by atoms with Crippen LogP contribution in [0.25, 0.3) is 10.9 Å². The second-order valence-electron chi connectivity index (χ2n) is 6.89. The Balaban J connectivity index is 1.91. The molecular weight excluding hydrogens is 382 g/mol. The normalized spacial score (nSPS) is 12.0. The summed E-state index contributed by atoms with van der Waals surface area (Å²) in [6.07, 6.45) is 0. The van der Waals surface area contributed by atoms with Crippen molar-refractivity contribution >= 4 is 16.8 Å². The van der Waals surface area contributed by atoms with Crippen LogP contribution in [0.2, 0.25) is 0 Å². The van der Waals surface area contributed by atoms with Gasteiger partial charge in [-0.25, -0.2) is 4.98 Å². The molecule has 3 aromatic rings. The molecule has 158 valence electrons. The minimum atomic E-state index is -0.427. The molecule has 7 nitrogen and oxygen atoms in total. The van der Waals surface area contributed by atoms with Gasteiger partial charge in [-0.1, -0.05) is 30.3 Å². The molecule has 0 aliphatic heterocycles. The second-order valence-corrected chi connectivity index (χ2v) is 6.89. The van der Waals surface area contributed by atoms with Crippen molar-refractivity contribution in [2.24, 2.45) is 0 Å². The van der Waals surface area contributed by atoms with Gasteiger partial charge in [0.15, 0.2) is 6.61 Å². The van der Waals surface area contributed by atoms with E-state index < -0.39 is 6.04 Å². The first-order valence-electron chi connectivity index (χ1n) is 10.0. The Bertz CT molecular complexity index is 1050. The predicted molar refractivity (Wildman–Crippen MR) is 116 cm³/mol. The van der Waals surface area contributed by atoms with Gasteiger partial charge in [-0.3, -0.25) is 14.2 Å². The fourth-order valence-electron chi connectivity index (χ4n) is 3.42. The van der Waals surface area contributed by atoms with E-state index in [1.54, 1.807) is 34.8 Å². The third-order valence-electron chi connectivity index (χ3n) is 5.01. The third-order valence-corrected chi connectivity index (χ3v) is 5.01. The second kappa shape index (κ2) is 10.0. The molecule has 0 bridgehead atoms. The highest BCUT2D eigenvalue weighted by atomic mass is 16.5. The van der Waals surface area contributed by atoms with E-state index in [0.29, 0.717) is 42.2 Å². The molecule has 0 saturated carbocycles. The first-order valence-corrected chi connectivity index (χ1v) is 10.0. The van der Waals surface area contributed by atoms with Crippen molar-refractivity contribution < 1.29 is 14.3 Å². The van der Waals surface area contributed by atoms with Gasteiger partial charge in [-0.15, -0.1) is 0 Å². The van der Waals surface area contributed by atoms with Gasteiger partial charge in [-0.2, -0.15) is 0 Å². The highest BCUT2D eigenvalue weighted by molar-refractivity contribution is 5.79. The summed E-state index contributed by atoms with van der Waals surface area (Å²) < 4.78 is 12.5. The SMILES string of the molecule is CCn1c(C(C)N(CCOC)C(=O)COc2ccccc2)nc2ccccc2c1=O. The Labute approximate surface area is 175 Å². The van der Waals surface area contributed by atoms with Crippen LogP contribution < -0.4 is 10.3 Å². The maximum Gasteiger partial charge on any atom is 0.261 e. The number of hydrogen-bond donors (Lipinski definition) is 0. The summed E-state index contributed by atoms with van der Waals surface area (Å²) >= 11 is 0. The minimum Gasteiger partial charge on any atom is -0.484 e. The topological polar surface area (TPSA) is 73.7 Å². The molecule has 0 radical (unpaired) electrons. The first kappa shape index (κ1) is 21.5. The standard InChI is InChI=1S/C23H27N3O4/c1-4-25-22(24-20-13-9-8-12-19(20)23(25)28)17(2)26(14-15-29-3)21(27)16-30-18-10-6-5-7-11-18/h5-13,17H,4,14-16H2,1-3H3.